The molecule has 0 fully saturated rings. The summed E-state index contributed by atoms with van der Waals surface area (Å²) in [6.07, 6.45) is 2.35. The van der Waals surface area contributed by atoms with E-state index in [2.05, 4.69) is 34.6 Å². The predicted molar refractivity (Wildman–Crippen MR) is 88.9 cm³/mol. The molecule has 0 saturated heterocycles. The molecule has 0 amide bonds. The summed E-state index contributed by atoms with van der Waals surface area (Å²) >= 11 is 1.62. The number of rotatable bonds is 5. The van der Waals surface area contributed by atoms with Crippen molar-refractivity contribution in [3.05, 3.63) is 59.1 Å². The van der Waals surface area contributed by atoms with Gasteiger partial charge in [-0.1, -0.05) is 30.3 Å². The van der Waals surface area contributed by atoms with Gasteiger partial charge in [0.1, 0.15) is 5.82 Å². The van der Waals surface area contributed by atoms with Gasteiger partial charge in [0, 0.05) is 27.7 Å². The normalized spacial score (nSPS) is 12.5. The van der Waals surface area contributed by atoms with Crippen LogP contribution in [0.25, 0.3) is 10.1 Å². The molecule has 3 aromatic rings. The number of aromatic nitrogens is 1. The van der Waals surface area contributed by atoms with Gasteiger partial charge in [0.05, 0.1) is 6.10 Å². The van der Waals surface area contributed by atoms with Crippen molar-refractivity contribution >= 4 is 27.2 Å². The Morgan fingerprint density at radius 2 is 2.05 bits per heavy atom. The largest absolute Gasteiger partial charge is 0.388 e. The zero-order valence-electron chi connectivity index (χ0n) is 11.9. The van der Waals surface area contributed by atoms with E-state index >= 15 is 0 Å². The highest BCUT2D eigenvalue weighted by Gasteiger charge is 2.10. The lowest BCUT2D eigenvalue weighted by molar-refractivity contribution is 0.203. The molecule has 1 aromatic carbocycles. The van der Waals surface area contributed by atoms with Crippen LogP contribution in [0.3, 0.4) is 0 Å². The van der Waals surface area contributed by atoms with Crippen LogP contribution < -0.4 is 5.32 Å². The van der Waals surface area contributed by atoms with Gasteiger partial charge < -0.3 is 10.4 Å². The molecule has 0 radical (unpaired) electrons. The van der Waals surface area contributed by atoms with Gasteiger partial charge >= 0.3 is 0 Å². The third kappa shape index (κ3) is 3.23. The molecule has 2 heterocycles. The lowest BCUT2D eigenvalue weighted by Crippen LogP contribution is -2.06. The molecule has 2 N–H and O–H groups in total. The van der Waals surface area contributed by atoms with Crippen LogP contribution >= 0.6 is 11.3 Å². The van der Waals surface area contributed by atoms with Crippen molar-refractivity contribution in [3.63, 3.8) is 0 Å². The molecule has 3 rings (SSSR count). The van der Waals surface area contributed by atoms with E-state index in [4.69, 9.17) is 0 Å². The maximum atomic E-state index is 9.71. The molecule has 1 unspecified atom stereocenters. The number of fused-ring (bicyclic) bond motifs is 1. The number of anilines is 1. The average Bonchev–Trinajstić information content (AvgIpc) is 2.94. The Bertz CT molecular complexity index is 722. The van der Waals surface area contributed by atoms with Gasteiger partial charge in [-0.2, -0.15) is 0 Å². The number of benzene rings is 1. The highest BCUT2D eigenvalue weighted by atomic mass is 32.1. The Morgan fingerprint density at radius 3 is 2.81 bits per heavy atom. The number of hydrogen-bond acceptors (Lipinski definition) is 4. The Kier molecular flexibility index (Phi) is 4.18. The van der Waals surface area contributed by atoms with Crippen LogP contribution in [0.1, 0.15) is 23.5 Å². The summed E-state index contributed by atoms with van der Waals surface area (Å²) in [7, 11) is 0. The van der Waals surface area contributed by atoms with Gasteiger partial charge in [0.25, 0.3) is 0 Å². The summed E-state index contributed by atoms with van der Waals surface area (Å²) in [5, 5.41) is 14.2. The molecule has 0 bridgehead atoms. The minimum Gasteiger partial charge on any atom is -0.388 e. The minimum absolute atomic E-state index is 0.431. The number of pyridine rings is 1. The van der Waals surface area contributed by atoms with Crippen molar-refractivity contribution in [2.45, 2.75) is 19.4 Å². The summed E-state index contributed by atoms with van der Waals surface area (Å²) in [6.45, 7) is 2.64. The van der Waals surface area contributed by atoms with E-state index in [1.807, 2.05) is 24.4 Å². The number of nitrogens with one attached hydrogen (secondary N) is 1. The summed E-state index contributed by atoms with van der Waals surface area (Å²) in [4.78, 5) is 5.40. The molecule has 0 aliphatic rings. The SMILES string of the molecule is CC(O)c1cc2c(NCCc3ccccc3)nccc2s1. The fourth-order valence-corrected chi connectivity index (χ4v) is 3.30. The zero-order valence-corrected chi connectivity index (χ0v) is 12.7. The van der Waals surface area contributed by atoms with Gasteiger partial charge in [0.15, 0.2) is 0 Å². The summed E-state index contributed by atoms with van der Waals surface area (Å²) in [5.74, 6) is 0.895. The Balaban J connectivity index is 1.74. The van der Waals surface area contributed by atoms with Gasteiger partial charge in [0.2, 0.25) is 0 Å². The highest BCUT2D eigenvalue weighted by molar-refractivity contribution is 7.19. The first-order chi connectivity index (χ1) is 10.2. The van der Waals surface area contributed by atoms with E-state index in [0.717, 1.165) is 33.7 Å². The van der Waals surface area contributed by atoms with Crippen LogP contribution in [0.4, 0.5) is 5.82 Å². The molecule has 21 heavy (non-hydrogen) atoms. The molecule has 0 aliphatic carbocycles. The van der Waals surface area contributed by atoms with Gasteiger partial charge in [-0.05, 0) is 31.0 Å². The molecule has 4 heteroatoms. The van der Waals surface area contributed by atoms with E-state index in [9.17, 15) is 5.11 Å². The standard InChI is InChI=1S/C17H18N2OS/c1-12(20)16-11-14-15(21-16)8-10-19-17(14)18-9-7-13-5-3-2-4-6-13/h2-6,8,10-12,20H,7,9H2,1H3,(H,18,19). The summed E-state index contributed by atoms with van der Waals surface area (Å²) in [6, 6.07) is 14.4. The van der Waals surface area contributed by atoms with Gasteiger partial charge in [-0.15, -0.1) is 11.3 Å². The maximum absolute atomic E-state index is 9.71. The topological polar surface area (TPSA) is 45.1 Å². The molecule has 0 aliphatic heterocycles. The lowest BCUT2D eigenvalue weighted by atomic mass is 10.1. The molecule has 0 saturated carbocycles. The van der Waals surface area contributed by atoms with E-state index in [-0.39, 0.29) is 0 Å². The monoisotopic (exact) mass is 298 g/mol. The van der Waals surface area contributed by atoms with Gasteiger partial charge in [-0.3, -0.25) is 0 Å². The van der Waals surface area contributed by atoms with E-state index in [1.54, 1.807) is 18.3 Å². The Morgan fingerprint density at radius 1 is 1.24 bits per heavy atom. The van der Waals surface area contributed by atoms with E-state index in [1.165, 1.54) is 5.56 Å². The average molecular weight is 298 g/mol. The second-order valence-corrected chi connectivity index (χ2v) is 6.17. The van der Waals surface area contributed by atoms with Gasteiger partial charge in [-0.25, -0.2) is 4.98 Å². The first kappa shape index (κ1) is 14.0. The second-order valence-electron chi connectivity index (χ2n) is 5.06. The van der Waals surface area contributed by atoms with Crippen molar-refractivity contribution < 1.29 is 5.11 Å². The Hall–Kier alpha value is -1.91. The number of hydrogen-bond donors (Lipinski definition) is 2. The summed E-state index contributed by atoms with van der Waals surface area (Å²) < 4.78 is 1.16. The first-order valence-corrected chi connectivity index (χ1v) is 7.90. The fourth-order valence-electron chi connectivity index (χ4n) is 2.30. The quantitative estimate of drug-likeness (QED) is 0.748. The maximum Gasteiger partial charge on any atom is 0.134 e. The van der Waals surface area contributed by atoms with Crippen LogP contribution in [0.15, 0.2) is 48.7 Å². The molecule has 108 valence electrons. The molecular weight excluding hydrogens is 280 g/mol. The fraction of sp³-hybridized carbons (Fsp3) is 0.235. The summed E-state index contributed by atoms with van der Waals surface area (Å²) in [5.41, 5.74) is 1.31. The lowest BCUT2D eigenvalue weighted by Gasteiger charge is -2.06. The molecule has 2 aromatic heterocycles. The van der Waals surface area contributed by atoms with Crippen LogP contribution in [-0.2, 0) is 6.42 Å². The predicted octanol–water partition coefficient (Wildman–Crippen LogP) is 4.00. The number of nitrogens with zero attached hydrogens (tertiary/aromatic N) is 1. The smallest absolute Gasteiger partial charge is 0.134 e. The number of aliphatic hydroxyl groups is 1. The second kappa shape index (κ2) is 6.24. The molecule has 3 nitrogen and oxygen atoms in total. The Labute approximate surface area is 128 Å². The minimum atomic E-state index is -0.431. The van der Waals surface area contributed by atoms with E-state index < -0.39 is 6.10 Å². The van der Waals surface area contributed by atoms with Crippen LogP contribution in [0.2, 0.25) is 0 Å². The van der Waals surface area contributed by atoms with Crippen LogP contribution in [0.5, 0.6) is 0 Å². The highest BCUT2D eigenvalue weighted by Crippen LogP contribution is 2.32. The van der Waals surface area contributed by atoms with Crippen LogP contribution in [0, 0.1) is 0 Å². The third-order valence-electron chi connectivity index (χ3n) is 3.43. The number of thiophene rings is 1. The molecular formula is C17H18N2OS. The first-order valence-electron chi connectivity index (χ1n) is 7.08. The molecule has 0 spiro atoms. The van der Waals surface area contributed by atoms with Crippen molar-refractivity contribution in [2.75, 3.05) is 11.9 Å². The third-order valence-corrected chi connectivity index (χ3v) is 4.70. The van der Waals surface area contributed by atoms with Crippen molar-refractivity contribution in [3.8, 4) is 0 Å². The van der Waals surface area contributed by atoms with Crippen molar-refractivity contribution in [1.29, 1.82) is 0 Å². The van der Waals surface area contributed by atoms with Crippen molar-refractivity contribution in [1.82, 2.24) is 4.98 Å². The van der Waals surface area contributed by atoms with Crippen molar-refractivity contribution in [2.24, 2.45) is 0 Å². The van der Waals surface area contributed by atoms with Crippen LogP contribution in [-0.4, -0.2) is 16.6 Å². The number of aliphatic hydroxyl groups excluding tert-OH is 1. The van der Waals surface area contributed by atoms with E-state index in [0.29, 0.717) is 0 Å². The molecule has 1 atom stereocenters. The zero-order chi connectivity index (χ0) is 14.7.